The van der Waals surface area contributed by atoms with Gasteiger partial charge >= 0.3 is 0 Å². The Morgan fingerprint density at radius 2 is 1.58 bits per heavy atom. The predicted octanol–water partition coefficient (Wildman–Crippen LogP) is 2.12. The molecule has 0 saturated carbocycles. The van der Waals surface area contributed by atoms with Crippen LogP contribution in [-0.2, 0) is 0 Å². The van der Waals surface area contributed by atoms with Gasteiger partial charge in [0.15, 0.2) is 0 Å². The van der Waals surface area contributed by atoms with Crippen molar-refractivity contribution in [3.05, 3.63) is 29.8 Å². The van der Waals surface area contributed by atoms with E-state index in [-0.39, 0.29) is 0 Å². The summed E-state index contributed by atoms with van der Waals surface area (Å²) in [6, 6.07) is 7.44. The highest BCUT2D eigenvalue weighted by molar-refractivity contribution is 5.33. The number of aliphatic hydroxyl groups is 1. The topological polar surface area (TPSA) is 40.5 Å². The van der Waals surface area contributed by atoms with Crippen molar-refractivity contribution in [1.82, 2.24) is 0 Å². The van der Waals surface area contributed by atoms with Crippen molar-refractivity contribution < 1.29 is 10.2 Å². The number of aliphatic hydroxyl groups excluding tert-OH is 1. The average molecular weight is 168 g/mol. The van der Waals surface area contributed by atoms with E-state index >= 15 is 0 Å². The quantitative estimate of drug-likeness (QED) is 0.674. The third-order valence-electron chi connectivity index (χ3n) is 1.56. The van der Waals surface area contributed by atoms with Gasteiger partial charge in [-0.25, -0.2) is 0 Å². The lowest BCUT2D eigenvalue weighted by Gasteiger charge is -2.05. The number of aromatic hydroxyl groups is 1. The summed E-state index contributed by atoms with van der Waals surface area (Å²) in [6.45, 7) is 4.13. The molecule has 0 aliphatic carbocycles. The molecule has 0 saturated heterocycles. The Morgan fingerprint density at radius 3 is 1.92 bits per heavy atom. The van der Waals surface area contributed by atoms with Gasteiger partial charge in [0.1, 0.15) is 5.75 Å². The monoisotopic (exact) mass is 168 g/mol. The van der Waals surface area contributed by atoms with Gasteiger partial charge in [0.05, 0.1) is 0 Å². The fourth-order valence-electron chi connectivity index (χ4n) is 0.976. The predicted molar refractivity (Wildman–Crippen MR) is 50.3 cm³/mol. The van der Waals surface area contributed by atoms with Crippen LogP contribution in [0.15, 0.2) is 24.3 Å². The molecule has 2 nitrogen and oxygen atoms in total. The number of hydrogen-bond acceptors (Lipinski definition) is 2. The molecule has 0 aromatic heterocycles. The zero-order chi connectivity index (χ0) is 9.56. The summed E-state index contributed by atoms with van der Waals surface area (Å²) in [6.07, 6.45) is 0. The minimum absolute atomic E-state index is 0.400. The van der Waals surface area contributed by atoms with E-state index in [0.29, 0.717) is 11.7 Å². The Morgan fingerprint density at radius 1 is 1.08 bits per heavy atom. The van der Waals surface area contributed by atoms with Crippen molar-refractivity contribution in [2.75, 3.05) is 7.11 Å². The van der Waals surface area contributed by atoms with Crippen LogP contribution in [-0.4, -0.2) is 17.3 Å². The van der Waals surface area contributed by atoms with Crippen LogP contribution in [0.25, 0.3) is 0 Å². The van der Waals surface area contributed by atoms with E-state index < -0.39 is 0 Å². The Labute approximate surface area is 73.5 Å². The van der Waals surface area contributed by atoms with Gasteiger partial charge in [-0.2, -0.15) is 0 Å². The molecule has 0 heterocycles. The SMILES string of the molecule is CC(C)c1ccccc1O.CO. The van der Waals surface area contributed by atoms with Gasteiger partial charge in [-0.3, -0.25) is 0 Å². The van der Waals surface area contributed by atoms with Gasteiger partial charge in [0.2, 0.25) is 0 Å². The summed E-state index contributed by atoms with van der Waals surface area (Å²) in [5.41, 5.74) is 1.02. The third kappa shape index (κ3) is 2.93. The molecule has 1 aromatic carbocycles. The first-order chi connectivity index (χ1) is 5.72. The summed E-state index contributed by atoms with van der Waals surface area (Å²) >= 11 is 0. The number of phenolic OH excluding ortho intramolecular Hbond substituents is 1. The van der Waals surface area contributed by atoms with Gasteiger partial charge in [0.25, 0.3) is 0 Å². The number of para-hydroxylation sites is 1. The van der Waals surface area contributed by atoms with E-state index in [1.165, 1.54) is 0 Å². The van der Waals surface area contributed by atoms with Crippen molar-refractivity contribution in [3.8, 4) is 5.75 Å². The molecule has 68 valence electrons. The summed E-state index contributed by atoms with van der Waals surface area (Å²) in [5, 5.41) is 16.3. The average Bonchev–Trinajstić information content (AvgIpc) is 2.08. The minimum atomic E-state index is 0.400. The molecule has 0 radical (unpaired) electrons. The van der Waals surface area contributed by atoms with E-state index in [0.717, 1.165) is 12.7 Å². The maximum atomic E-state index is 9.28. The van der Waals surface area contributed by atoms with Crippen LogP contribution >= 0.6 is 0 Å². The Bertz CT molecular complexity index is 219. The lowest BCUT2D eigenvalue weighted by atomic mass is 10.0. The summed E-state index contributed by atoms with van der Waals surface area (Å²) in [5.74, 6) is 0.804. The van der Waals surface area contributed by atoms with Gasteiger partial charge in [-0.15, -0.1) is 0 Å². The highest BCUT2D eigenvalue weighted by Crippen LogP contribution is 2.23. The van der Waals surface area contributed by atoms with Crippen LogP contribution in [0.4, 0.5) is 0 Å². The first-order valence-electron chi connectivity index (χ1n) is 3.94. The molecule has 2 heteroatoms. The Kier molecular flexibility index (Phi) is 5.13. The van der Waals surface area contributed by atoms with Crippen molar-refractivity contribution in [1.29, 1.82) is 0 Å². The fourth-order valence-corrected chi connectivity index (χ4v) is 0.976. The summed E-state index contributed by atoms with van der Waals surface area (Å²) in [7, 11) is 1.00. The molecule has 0 bridgehead atoms. The Balaban J connectivity index is 0.000000561. The standard InChI is InChI=1S/C9H12O.CH4O/c1-7(2)8-5-3-4-6-9(8)10;1-2/h3-7,10H,1-2H3;2H,1H3. The summed E-state index contributed by atoms with van der Waals surface area (Å²) < 4.78 is 0. The maximum absolute atomic E-state index is 9.28. The van der Waals surface area contributed by atoms with E-state index in [9.17, 15) is 5.11 Å². The van der Waals surface area contributed by atoms with Crippen LogP contribution < -0.4 is 0 Å². The second kappa shape index (κ2) is 5.61. The molecular weight excluding hydrogens is 152 g/mol. The molecular formula is C10H16O2. The van der Waals surface area contributed by atoms with Gasteiger partial charge < -0.3 is 10.2 Å². The molecule has 12 heavy (non-hydrogen) atoms. The molecule has 1 rings (SSSR count). The molecule has 0 fully saturated rings. The zero-order valence-corrected chi connectivity index (χ0v) is 7.78. The van der Waals surface area contributed by atoms with Crippen LogP contribution in [0.3, 0.4) is 0 Å². The highest BCUT2D eigenvalue weighted by Gasteiger charge is 2.01. The fraction of sp³-hybridized carbons (Fsp3) is 0.400. The van der Waals surface area contributed by atoms with E-state index in [1.807, 2.05) is 18.2 Å². The highest BCUT2D eigenvalue weighted by atomic mass is 16.3. The van der Waals surface area contributed by atoms with Gasteiger partial charge in [-0.1, -0.05) is 32.0 Å². The van der Waals surface area contributed by atoms with E-state index in [4.69, 9.17) is 5.11 Å². The molecule has 0 amide bonds. The first kappa shape index (κ1) is 11.0. The Hall–Kier alpha value is -1.02. The third-order valence-corrected chi connectivity index (χ3v) is 1.56. The van der Waals surface area contributed by atoms with Crippen LogP contribution in [0.1, 0.15) is 25.3 Å². The second-order valence-corrected chi connectivity index (χ2v) is 2.71. The number of benzene rings is 1. The zero-order valence-electron chi connectivity index (χ0n) is 7.78. The molecule has 0 aliphatic heterocycles. The molecule has 0 atom stereocenters. The lowest BCUT2D eigenvalue weighted by Crippen LogP contribution is -1.85. The van der Waals surface area contributed by atoms with Crippen LogP contribution in [0.5, 0.6) is 5.75 Å². The maximum Gasteiger partial charge on any atom is 0.119 e. The van der Waals surface area contributed by atoms with Crippen molar-refractivity contribution in [2.24, 2.45) is 0 Å². The van der Waals surface area contributed by atoms with Gasteiger partial charge in [0, 0.05) is 7.11 Å². The van der Waals surface area contributed by atoms with Crippen LogP contribution in [0.2, 0.25) is 0 Å². The normalized spacial score (nSPS) is 9.08. The summed E-state index contributed by atoms with van der Waals surface area (Å²) in [4.78, 5) is 0. The number of hydrogen-bond donors (Lipinski definition) is 2. The molecule has 1 aromatic rings. The van der Waals surface area contributed by atoms with Crippen LogP contribution in [0, 0.1) is 0 Å². The van der Waals surface area contributed by atoms with Crippen molar-refractivity contribution >= 4 is 0 Å². The smallest absolute Gasteiger partial charge is 0.119 e. The molecule has 0 spiro atoms. The number of phenols is 1. The molecule has 0 aliphatic rings. The molecule has 0 unspecified atom stereocenters. The van der Waals surface area contributed by atoms with Crippen molar-refractivity contribution in [3.63, 3.8) is 0 Å². The number of rotatable bonds is 1. The lowest BCUT2D eigenvalue weighted by molar-refractivity contribution is 0.399. The van der Waals surface area contributed by atoms with E-state index in [1.54, 1.807) is 6.07 Å². The molecule has 2 N–H and O–H groups in total. The minimum Gasteiger partial charge on any atom is -0.508 e. The van der Waals surface area contributed by atoms with Gasteiger partial charge in [-0.05, 0) is 17.5 Å². The second-order valence-electron chi connectivity index (χ2n) is 2.71. The van der Waals surface area contributed by atoms with E-state index in [2.05, 4.69) is 13.8 Å². The largest absolute Gasteiger partial charge is 0.508 e. The van der Waals surface area contributed by atoms with Crippen molar-refractivity contribution in [2.45, 2.75) is 19.8 Å². The first-order valence-corrected chi connectivity index (χ1v) is 3.94.